The van der Waals surface area contributed by atoms with E-state index >= 15 is 0 Å². The number of aliphatic hydroxyl groups is 2. The topological polar surface area (TPSA) is 60.8 Å². The van der Waals surface area contributed by atoms with E-state index in [9.17, 15) is 9.18 Å². The average molecular weight is 303 g/mol. The Bertz CT molecular complexity index is 605. The summed E-state index contributed by atoms with van der Waals surface area (Å²) in [6.45, 7) is 0.782. The lowest BCUT2D eigenvalue weighted by Gasteiger charge is -2.23. The Morgan fingerprint density at radius 2 is 1.32 bits per heavy atom. The van der Waals surface area contributed by atoms with Gasteiger partial charge in [-0.2, -0.15) is 0 Å². The lowest BCUT2D eigenvalue weighted by molar-refractivity contribution is 0.103. The number of carbonyl (C=O) groups excluding carboxylic acids is 1. The molecule has 2 N–H and O–H groups in total. The van der Waals surface area contributed by atoms with Gasteiger partial charge in [0, 0.05) is 29.9 Å². The van der Waals surface area contributed by atoms with Gasteiger partial charge in [0.15, 0.2) is 5.78 Å². The van der Waals surface area contributed by atoms with Crippen molar-refractivity contribution in [3.63, 3.8) is 0 Å². The van der Waals surface area contributed by atoms with Crippen molar-refractivity contribution in [2.24, 2.45) is 0 Å². The maximum atomic E-state index is 12.9. The lowest BCUT2D eigenvalue weighted by Crippen LogP contribution is -2.29. The summed E-state index contributed by atoms with van der Waals surface area (Å²) in [5.41, 5.74) is 1.75. The highest BCUT2D eigenvalue weighted by atomic mass is 19.1. The van der Waals surface area contributed by atoms with Gasteiger partial charge in [-0.25, -0.2) is 4.39 Å². The summed E-state index contributed by atoms with van der Waals surface area (Å²) < 4.78 is 12.9. The van der Waals surface area contributed by atoms with Crippen LogP contribution in [0.25, 0.3) is 0 Å². The smallest absolute Gasteiger partial charge is 0.193 e. The second-order valence-corrected chi connectivity index (χ2v) is 4.82. The van der Waals surface area contributed by atoms with Crippen LogP contribution in [0.2, 0.25) is 0 Å². The molecule has 0 unspecified atom stereocenters. The van der Waals surface area contributed by atoms with Crippen molar-refractivity contribution in [2.75, 3.05) is 31.2 Å². The van der Waals surface area contributed by atoms with Gasteiger partial charge in [-0.15, -0.1) is 0 Å². The molecule has 0 aliphatic carbocycles. The van der Waals surface area contributed by atoms with E-state index in [-0.39, 0.29) is 24.8 Å². The zero-order chi connectivity index (χ0) is 15.9. The third-order valence-electron chi connectivity index (χ3n) is 3.34. The molecule has 2 rings (SSSR count). The molecule has 5 heteroatoms. The normalized spacial score (nSPS) is 10.5. The summed E-state index contributed by atoms with van der Waals surface area (Å²) in [5, 5.41) is 18.1. The zero-order valence-corrected chi connectivity index (χ0v) is 12.1. The van der Waals surface area contributed by atoms with Crippen LogP contribution in [0.15, 0.2) is 48.5 Å². The molecule has 22 heavy (non-hydrogen) atoms. The van der Waals surface area contributed by atoms with Crippen LogP contribution in [0.3, 0.4) is 0 Å². The molecule has 0 saturated carbocycles. The van der Waals surface area contributed by atoms with Gasteiger partial charge in [0.25, 0.3) is 0 Å². The highest BCUT2D eigenvalue weighted by Crippen LogP contribution is 2.17. The number of anilines is 1. The zero-order valence-electron chi connectivity index (χ0n) is 12.1. The summed E-state index contributed by atoms with van der Waals surface area (Å²) in [6.07, 6.45) is 0. The number of hydrogen-bond donors (Lipinski definition) is 2. The third kappa shape index (κ3) is 3.90. The van der Waals surface area contributed by atoms with Crippen molar-refractivity contribution in [1.29, 1.82) is 0 Å². The molecule has 0 aromatic heterocycles. The Morgan fingerprint density at radius 1 is 0.864 bits per heavy atom. The monoisotopic (exact) mass is 303 g/mol. The van der Waals surface area contributed by atoms with Gasteiger partial charge in [-0.05, 0) is 48.5 Å². The highest BCUT2D eigenvalue weighted by Gasteiger charge is 2.11. The van der Waals surface area contributed by atoms with Crippen LogP contribution in [0, 0.1) is 5.82 Å². The number of ketones is 1. The third-order valence-corrected chi connectivity index (χ3v) is 3.34. The maximum absolute atomic E-state index is 12.9. The number of hydrogen-bond acceptors (Lipinski definition) is 4. The molecule has 0 bridgehead atoms. The fourth-order valence-corrected chi connectivity index (χ4v) is 2.20. The van der Waals surface area contributed by atoms with E-state index in [0.717, 1.165) is 5.69 Å². The standard InChI is InChI=1S/C17H18FNO3/c18-15-5-1-13(2-6-15)17(22)14-3-7-16(8-4-14)19(9-11-20)10-12-21/h1-8,20-21H,9-12H2. The number of rotatable bonds is 7. The van der Waals surface area contributed by atoms with Gasteiger partial charge in [0.2, 0.25) is 0 Å². The second kappa shape index (κ2) is 7.68. The fraction of sp³-hybridized carbons (Fsp3) is 0.235. The molecule has 0 radical (unpaired) electrons. The number of aliphatic hydroxyl groups excluding tert-OH is 2. The van der Waals surface area contributed by atoms with Gasteiger partial charge >= 0.3 is 0 Å². The minimum atomic E-state index is -0.379. The first-order chi connectivity index (χ1) is 10.7. The molecule has 116 valence electrons. The Kier molecular flexibility index (Phi) is 5.63. The second-order valence-electron chi connectivity index (χ2n) is 4.82. The Morgan fingerprint density at radius 3 is 1.77 bits per heavy atom. The Balaban J connectivity index is 2.17. The predicted octanol–water partition coefficient (Wildman–Crippen LogP) is 1.85. The highest BCUT2D eigenvalue weighted by molar-refractivity contribution is 6.09. The van der Waals surface area contributed by atoms with Crippen LogP contribution < -0.4 is 4.90 Å². The van der Waals surface area contributed by atoms with Crippen LogP contribution in [-0.4, -0.2) is 42.3 Å². The number of carbonyl (C=O) groups is 1. The molecular formula is C17H18FNO3. The lowest BCUT2D eigenvalue weighted by atomic mass is 10.0. The Labute approximate surface area is 128 Å². The first kappa shape index (κ1) is 16.1. The van der Waals surface area contributed by atoms with E-state index in [0.29, 0.717) is 24.2 Å². The molecular weight excluding hydrogens is 285 g/mol. The van der Waals surface area contributed by atoms with Crippen LogP contribution in [-0.2, 0) is 0 Å². The molecule has 0 aliphatic rings. The van der Waals surface area contributed by atoms with Gasteiger partial charge in [0.1, 0.15) is 5.82 Å². The molecule has 0 spiro atoms. The summed E-state index contributed by atoms with van der Waals surface area (Å²) in [5.74, 6) is -0.557. The molecule has 2 aromatic carbocycles. The summed E-state index contributed by atoms with van der Waals surface area (Å²) in [4.78, 5) is 14.1. The van der Waals surface area contributed by atoms with E-state index < -0.39 is 0 Å². The minimum absolute atomic E-state index is 0.0176. The largest absolute Gasteiger partial charge is 0.395 e. The Hall–Kier alpha value is -2.24. The van der Waals surface area contributed by atoms with Crippen LogP contribution in [0.1, 0.15) is 15.9 Å². The molecule has 0 aliphatic heterocycles. The van der Waals surface area contributed by atoms with E-state index in [1.54, 1.807) is 24.3 Å². The van der Waals surface area contributed by atoms with Crippen LogP contribution >= 0.6 is 0 Å². The van der Waals surface area contributed by atoms with Crippen molar-refractivity contribution >= 4 is 11.5 Å². The summed E-state index contributed by atoms with van der Waals surface area (Å²) >= 11 is 0. The number of nitrogens with zero attached hydrogens (tertiary/aromatic N) is 1. The van der Waals surface area contributed by atoms with E-state index in [1.807, 2.05) is 4.90 Å². The molecule has 4 nitrogen and oxygen atoms in total. The van der Waals surface area contributed by atoms with Gasteiger partial charge in [0.05, 0.1) is 13.2 Å². The summed E-state index contributed by atoms with van der Waals surface area (Å²) in [7, 11) is 0. The molecule has 0 amide bonds. The van der Waals surface area contributed by atoms with E-state index in [4.69, 9.17) is 10.2 Å². The summed E-state index contributed by atoms with van der Waals surface area (Å²) in [6, 6.07) is 12.3. The molecule has 0 heterocycles. The van der Waals surface area contributed by atoms with Crippen LogP contribution in [0.4, 0.5) is 10.1 Å². The van der Waals surface area contributed by atoms with E-state index in [2.05, 4.69) is 0 Å². The minimum Gasteiger partial charge on any atom is -0.395 e. The number of benzene rings is 2. The van der Waals surface area contributed by atoms with Gasteiger partial charge in [-0.1, -0.05) is 0 Å². The maximum Gasteiger partial charge on any atom is 0.193 e. The SMILES string of the molecule is O=C(c1ccc(F)cc1)c1ccc(N(CCO)CCO)cc1. The van der Waals surface area contributed by atoms with Crippen molar-refractivity contribution < 1.29 is 19.4 Å². The first-order valence-corrected chi connectivity index (χ1v) is 7.02. The van der Waals surface area contributed by atoms with Crippen molar-refractivity contribution in [3.8, 4) is 0 Å². The van der Waals surface area contributed by atoms with Gasteiger partial charge < -0.3 is 15.1 Å². The van der Waals surface area contributed by atoms with Crippen molar-refractivity contribution in [1.82, 2.24) is 0 Å². The molecule has 2 aromatic rings. The van der Waals surface area contributed by atoms with Crippen LogP contribution in [0.5, 0.6) is 0 Å². The van der Waals surface area contributed by atoms with E-state index in [1.165, 1.54) is 24.3 Å². The quantitative estimate of drug-likeness (QED) is 0.766. The molecule has 0 saturated heterocycles. The average Bonchev–Trinajstić information content (AvgIpc) is 2.55. The first-order valence-electron chi connectivity index (χ1n) is 7.02. The molecule has 0 atom stereocenters. The van der Waals surface area contributed by atoms with Gasteiger partial charge in [-0.3, -0.25) is 4.79 Å². The number of halogens is 1. The predicted molar refractivity (Wildman–Crippen MR) is 82.7 cm³/mol. The van der Waals surface area contributed by atoms with Crippen molar-refractivity contribution in [2.45, 2.75) is 0 Å². The molecule has 0 fully saturated rings. The fourth-order valence-electron chi connectivity index (χ4n) is 2.20. The van der Waals surface area contributed by atoms with Crippen molar-refractivity contribution in [3.05, 3.63) is 65.5 Å².